The van der Waals surface area contributed by atoms with Gasteiger partial charge in [-0.05, 0) is 38.1 Å². The average molecular weight is 319 g/mol. The van der Waals surface area contributed by atoms with Crippen LogP contribution in [0.3, 0.4) is 0 Å². The zero-order chi connectivity index (χ0) is 17.0. The smallest absolute Gasteiger partial charge is 0.252 e. The van der Waals surface area contributed by atoms with E-state index in [1.165, 1.54) is 21.3 Å². The highest BCUT2D eigenvalue weighted by Gasteiger charge is 2.19. The lowest BCUT2D eigenvalue weighted by Gasteiger charge is -2.15. The van der Waals surface area contributed by atoms with Crippen LogP contribution >= 0.6 is 0 Å². The van der Waals surface area contributed by atoms with Gasteiger partial charge in [0.15, 0.2) is 11.5 Å². The summed E-state index contributed by atoms with van der Waals surface area (Å²) in [5.74, 6) is 2.54. The van der Waals surface area contributed by atoms with E-state index >= 15 is 0 Å². The van der Waals surface area contributed by atoms with Crippen molar-refractivity contribution in [2.45, 2.75) is 19.9 Å². The minimum atomic E-state index is -0.259. The molecule has 0 saturated carbocycles. The molecule has 1 atom stereocenters. The van der Waals surface area contributed by atoms with Crippen molar-refractivity contribution in [2.75, 3.05) is 21.3 Å². The monoisotopic (exact) mass is 319 g/mol. The Bertz CT molecular complexity index is 667. The number of carbonyl (C=O) groups is 1. The fourth-order valence-corrected chi connectivity index (χ4v) is 2.25. The first-order valence-electron chi connectivity index (χ1n) is 7.17. The summed E-state index contributed by atoms with van der Waals surface area (Å²) >= 11 is 0. The van der Waals surface area contributed by atoms with Crippen molar-refractivity contribution >= 4 is 5.91 Å². The van der Waals surface area contributed by atoms with E-state index in [0.717, 1.165) is 5.76 Å². The molecule has 124 valence electrons. The van der Waals surface area contributed by atoms with E-state index in [4.69, 9.17) is 18.6 Å². The van der Waals surface area contributed by atoms with Gasteiger partial charge in [0.05, 0.1) is 27.4 Å². The van der Waals surface area contributed by atoms with Gasteiger partial charge in [0, 0.05) is 5.56 Å². The Kier molecular flexibility index (Phi) is 5.16. The molecule has 0 aliphatic heterocycles. The lowest BCUT2D eigenvalue weighted by atomic mass is 10.1. The van der Waals surface area contributed by atoms with Crippen molar-refractivity contribution in [1.82, 2.24) is 5.32 Å². The number of carbonyl (C=O) groups excluding carboxylic acids is 1. The van der Waals surface area contributed by atoms with Crippen LogP contribution in [0.5, 0.6) is 17.2 Å². The summed E-state index contributed by atoms with van der Waals surface area (Å²) in [6.07, 6.45) is 0. The van der Waals surface area contributed by atoms with Crippen LogP contribution < -0.4 is 19.5 Å². The summed E-state index contributed by atoms with van der Waals surface area (Å²) in [6, 6.07) is 6.66. The maximum absolute atomic E-state index is 12.5. The van der Waals surface area contributed by atoms with Gasteiger partial charge in [-0.2, -0.15) is 0 Å². The molecule has 0 fully saturated rings. The molecule has 23 heavy (non-hydrogen) atoms. The first kappa shape index (κ1) is 16.7. The number of furan rings is 1. The molecule has 0 spiro atoms. The minimum absolute atomic E-state index is 0.254. The Hall–Kier alpha value is -2.63. The van der Waals surface area contributed by atoms with Crippen LogP contribution in [0, 0.1) is 6.92 Å². The molecule has 1 aromatic heterocycles. The Morgan fingerprint density at radius 3 is 2.13 bits per heavy atom. The van der Waals surface area contributed by atoms with Crippen molar-refractivity contribution in [3.05, 3.63) is 41.3 Å². The van der Waals surface area contributed by atoms with Crippen LogP contribution in [0.25, 0.3) is 0 Å². The number of nitrogens with one attached hydrogen (secondary N) is 1. The molecule has 2 rings (SSSR count). The summed E-state index contributed by atoms with van der Waals surface area (Å²) in [5, 5.41) is 2.88. The molecule has 0 aliphatic carbocycles. The second kappa shape index (κ2) is 7.09. The summed E-state index contributed by atoms with van der Waals surface area (Å²) in [4.78, 5) is 12.5. The van der Waals surface area contributed by atoms with Crippen molar-refractivity contribution in [3.63, 3.8) is 0 Å². The minimum Gasteiger partial charge on any atom is -0.493 e. The number of methoxy groups -OCH3 is 3. The second-order valence-corrected chi connectivity index (χ2v) is 5.06. The zero-order valence-corrected chi connectivity index (χ0v) is 13.9. The lowest BCUT2D eigenvalue weighted by Crippen LogP contribution is -2.26. The van der Waals surface area contributed by atoms with Crippen LogP contribution in [0.2, 0.25) is 0 Å². The topological polar surface area (TPSA) is 69.9 Å². The predicted octanol–water partition coefficient (Wildman–Crippen LogP) is 3.10. The van der Waals surface area contributed by atoms with Gasteiger partial charge in [0.1, 0.15) is 11.5 Å². The second-order valence-electron chi connectivity index (χ2n) is 5.06. The molecule has 0 unspecified atom stereocenters. The maximum Gasteiger partial charge on any atom is 0.252 e. The first-order chi connectivity index (χ1) is 11.0. The van der Waals surface area contributed by atoms with Crippen molar-refractivity contribution in [2.24, 2.45) is 0 Å². The highest BCUT2D eigenvalue weighted by Crippen LogP contribution is 2.38. The third-order valence-corrected chi connectivity index (χ3v) is 3.46. The molecular weight excluding hydrogens is 298 g/mol. The van der Waals surface area contributed by atoms with Crippen LogP contribution in [0.1, 0.15) is 34.8 Å². The Labute approximate surface area is 135 Å². The fraction of sp³-hybridized carbons (Fsp3) is 0.353. The van der Waals surface area contributed by atoms with Gasteiger partial charge in [-0.15, -0.1) is 0 Å². The molecule has 1 amide bonds. The summed E-state index contributed by atoms with van der Waals surface area (Å²) < 4.78 is 21.3. The maximum atomic E-state index is 12.5. The molecule has 1 heterocycles. The van der Waals surface area contributed by atoms with E-state index in [1.54, 1.807) is 12.1 Å². The SMILES string of the molecule is COc1cc(C(=O)N[C@H](C)c2ccc(C)o2)cc(OC)c1OC. The van der Waals surface area contributed by atoms with Gasteiger partial charge in [-0.3, -0.25) is 4.79 Å². The summed E-state index contributed by atoms with van der Waals surface area (Å²) in [5.41, 5.74) is 0.412. The normalized spacial score (nSPS) is 11.7. The molecule has 0 aliphatic rings. The highest BCUT2D eigenvalue weighted by atomic mass is 16.5. The van der Waals surface area contributed by atoms with Gasteiger partial charge in [0.2, 0.25) is 5.75 Å². The number of ether oxygens (including phenoxy) is 3. The van der Waals surface area contributed by atoms with Gasteiger partial charge in [-0.25, -0.2) is 0 Å². The van der Waals surface area contributed by atoms with Crippen LogP contribution in [0.15, 0.2) is 28.7 Å². The number of amides is 1. The van der Waals surface area contributed by atoms with Crippen molar-refractivity contribution < 1.29 is 23.4 Å². The number of aryl methyl sites for hydroxylation is 1. The zero-order valence-electron chi connectivity index (χ0n) is 13.9. The number of rotatable bonds is 6. The lowest BCUT2D eigenvalue weighted by molar-refractivity contribution is 0.0934. The quantitative estimate of drug-likeness (QED) is 0.886. The van der Waals surface area contributed by atoms with Crippen molar-refractivity contribution in [3.8, 4) is 17.2 Å². The van der Waals surface area contributed by atoms with E-state index in [1.807, 2.05) is 26.0 Å². The van der Waals surface area contributed by atoms with E-state index in [-0.39, 0.29) is 11.9 Å². The van der Waals surface area contributed by atoms with E-state index in [0.29, 0.717) is 28.6 Å². The van der Waals surface area contributed by atoms with Gasteiger partial charge in [0.25, 0.3) is 5.91 Å². The molecule has 0 radical (unpaired) electrons. The number of hydrogen-bond donors (Lipinski definition) is 1. The predicted molar refractivity (Wildman–Crippen MR) is 85.4 cm³/mol. The summed E-state index contributed by atoms with van der Waals surface area (Å²) in [6.45, 7) is 3.71. The Balaban J connectivity index is 2.25. The molecule has 6 heteroatoms. The van der Waals surface area contributed by atoms with Gasteiger partial charge < -0.3 is 23.9 Å². The van der Waals surface area contributed by atoms with Crippen LogP contribution in [-0.4, -0.2) is 27.2 Å². The Morgan fingerprint density at radius 1 is 1.09 bits per heavy atom. The van der Waals surface area contributed by atoms with Crippen LogP contribution in [0.4, 0.5) is 0 Å². The first-order valence-corrected chi connectivity index (χ1v) is 7.17. The average Bonchev–Trinajstić information content (AvgIpc) is 2.99. The summed E-state index contributed by atoms with van der Waals surface area (Å²) in [7, 11) is 4.53. The van der Waals surface area contributed by atoms with Crippen molar-refractivity contribution in [1.29, 1.82) is 0 Å². The molecule has 0 bridgehead atoms. The van der Waals surface area contributed by atoms with E-state index in [9.17, 15) is 4.79 Å². The van der Waals surface area contributed by atoms with E-state index < -0.39 is 0 Å². The van der Waals surface area contributed by atoms with Gasteiger partial charge >= 0.3 is 0 Å². The number of hydrogen-bond acceptors (Lipinski definition) is 5. The standard InChI is InChI=1S/C17H21NO5/c1-10-6-7-13(23-10)11(2)18-17(19)12-8-14(20-3)16(22-5)15(9-12)21-4/h6-9,11H,1-5H3,(H,18,19)/t11-/m1/s1. The van der Waals surface area contributed by atoms with Crippen LogP contribution in [-0.2, 0) is 0 Å². The molecule has 0 saturated heterocycles. The number of benzene rings is 1. The molecule has 6 nitrogen and oxygen atoms in total. The third kappa shape index (κ3) is 3.59. The molecular formula is C17H21NO5. The highest BCUT2D eigenvalue weighted by molar-refractivity contribution is 5.95. The fourth-order valence-electron chi connectivity index (χ4n) is 2.25. The largest absolute Gasteiger partial charge is 0.493 e. The Morgan fingerprint density at radius 2 is 1.70 bits per heavy atom. The third-order valence-electron chi connectivity index (χ3n) is 3.46. The molecule has 1 aromatic carbocycles. The van der Waals surface area contributed by atoms with E-state index in [2.05, 4.69) is 5.32 Å². The molecule has 1 N–H and O–H groups in total. The molecule has 2 aromatic rings. The van der Waals surface area contributed by atoms with Gasteiger partial charge in [-0.1, -0.05) is 0 Å².